The summed E-state index contributed by atoms with van der Waals surface area (Å²) in [6, 6.07) is 3.72. The second-order valence-electron chi connectivity index (χ2n) is 5.69. The average Bonchev–Trinajstić information content (AvgIpc) is 3.01. The molecule has 1 aliphatic carbocycles. The van der Waals surface area contributed by atoms with E-state index < -0.39 is 0 Å². The Morgan fingerprint density at radius 3 is 2.81 bits per heavy atom. The van der Waals surface area contributed by atoms with E-state index in [1.165, 1.54) is 11.3 Å². The Morgan fingerprint density at radius 2 is 2.29 bits per heavy atom. The molecule has 5 nitrogen and oxygen atoms in total. The van der Waals surface area contributed by atoms with Crippen molar-refractivity contribution in [3.8, 4) is 0 Å². The summed E-state index contributed by atoms with van der Waals surface area (Å²) in [6.07, 6.45) is 4.92. The highest BCUT2D eigenvalue weighted by atomic mass is 32.1. The molecule has 2 N–H and O–H groups in total. The van der Waals surface area contributed by atoms with Crippen molar-refractivity contribution in [1.82, 2.24) is 15.1 Å². The molecule has 2 aromatic heterocycles. The molecular weight excluding hydrogens is 286 g/mol. The van der Waals surface area contributed by atoms with Crippen LogP contribution in [-0.2, 0) is 7.05 Å². The Balaban J connectivity index is 1.77. The second-order valence-corrected chi connectivity index (χ2v) is 6.98. The highest BCUT2D eigenvalue weighted by Gasteiger charge is 2.36. The summed E-state index contributed by atoms with van der Waals surface area (Å²) < 4.78 is 1.73. The Labute approximate surface area is 127 Å². The molecule has 1 atom stereocenters. The van der Waals surface area contributed by atoms with Crippen molar-refractivity contribution in [1.29, 1.82) is 0 Å². The molecule has 21 heavy (non-hydrogen) atoms. The number of aliphatic hydroxyl groups is 1. The van der Waals surface area contributed by atoms with Gasteiger partial charge < -0.3 is 10.4 Å². The molecule has 6 heteroatoms. The third-order valence-electron chi connectivity index (χ3n) is 3.96. The van der Waals surface area contributed by atoms with Gasteiger partial charge in [-0.05, 0) is 37.8 Å². The minimum absolute atomic E-state index is 0.0525. The quantitative estimate of drug-likeness (QED) is 0.908. The zero-order valence-electron chi connectivity index (χ0n) is 12.1. The Morgan fingerprint density at radius 1 is 1.52 bits per heavy atom. The lowest BCUT2D eigenvalue weighted by atomic mass is 9.75. The van der Waals surface area contributed by atoms with E-state index in [0.29, 0.717) is 0 Å². The van der Waals surface area contributed by atoms with Crippen molar-refractivity contribution >= 4 is 17.2 Å². The molecule has 0 bridgehead atoms. The van der Waals surface area contributed by atoms with Crippen molar-refractivity contribution in [3.05, 3.63) is 39.8 Å². The number of aliphatic hydroxyl groups excluding tert-OH is 1. The molecule has 0 aromatic carbocycles. The molecule has 1 fully saturated rings. The van der Waals surface area contributed by atoms with Crippen LogP contribution in [0.4, 0.5) is 0 Å². The number of nitrogens with zero attached hydrogens (tertiary/aromatic N) is 2. The van der Waals surface area contributed by atoms with Gasteiger partial charge in [-0.1, -0.05) is 0 Å². The van der Waals surface area contributed by atoms with Crippen LogP contribution in [0.1, 0.15) is 39.0 Å². The van der Waals surface area contributed by atoms with Crippen molar-refractivity contribution in [2.45, 2.75) is 31.9 Å². The summed E-state index contributed by atoms with van der Waals surface area (Å²) in [4.78, 5) is 14.2. The lowest BCUT2D eigenvalue weighted by Gasteiger charge is -2.37. The van der Waals surface area contributed by atoms with Crippen LogP contribution in [-0.4, -0.2) is 26.9 Å². The molecule has 3 rings (SSSR count). The van der Waals surface area contributed by atoms with Gasteiger partial charge in [-0.15, -0.1) is 11.3 Å². The Bertz CT molecular complexity index is 643. The lowest BCUT2D eigenvalue weighted by molar-refractivity contribution is 0.0235. The summed E-state index contributed by atoms with van der Waals surface area (Å²) >= 11 is 1.49. The molecule has 2 aromatic rings. The van der Waals surface area contributed by atoms with Crippen molar-refractivity contribution < 1.29 is 9.90 Å². The first-order valence-electron chi connectivity index (χ1n) is 7.07. The van der Waals surface area contributed by atoms with Crippen LogP contribution < -0.4 is 5.32 Å². The molecule has 1 aliphatic rings. The summed E-state index contributed by atoms with van der Waals surface area (Å²) in [6.45, 7) is 1.99. The number of carbonyl (C=O) groups excluding carboxylic acids is 1. The summed E-state index contributed by atoms with van der Waals surface area (Å²) in [5, 5.41) is 16.8. The van der Waals surface area contributed by atoms with Gasteiger partial charge in [0.25, 0.3) is 5.91 Å². The third-order valence-corrected chi connectivity index (χ3v) is 4.96. The van der Waals surface area contributed by atoms with Gasteiger partial charge in [0, 0.05) is 23.7 Å². The number of carbonyl (C=O) groups is 1. The highest BCUT2D eigenvalue weighted by molar-refractivity contribution is 7.13. The SMILES string of the molecule is Cc1ccc(C(=O)NC(c2cnn(C)c2)C2CC(O)C2)s1. The minimum atomic E-state index is -0.241. The zero-order valence-corrected chi connectivity index (χ0v) is 12.9. The van der Waals surface area contributed by atoms with Crippen LogP contribution in [0.25, 0.3) is 0 Å². The van der Waals surface area contributed by atoms with Gasteiger partial charge in [0.1, 0.15) is 0 Å². The fourth-order valence-electron chi connectivity index (χ4n) is 2.75. The molecule has 0 spiro atoms. The molecule has 0 radical (unpaired) electrons. The van der Waals surface area contributed by atoms with Crippen molar-refractivity contribution in [2.24, 2.45) is 13.0 Å². The van der Waals surface area contributed by atoms with Crippen molar-refractivity contribution in [2.75, 3.05) is 0 Å². The molecule has 2 heterocycles. The van der Waals surface area contributed by atoms with Crippen LogP contribution in [0.5, 0.6) is 0 Å². The van der Waals surface area contributed by atoms with E-state index in [9.17, 15) is 9.90 Å². The van der Waals surface area contributed by atoms with Crippen molar-refractivity contribution in [3.63, 3.8) is 0 Å². The molecule has 0 saturated heterocycles. The largest absolute Gasteiger partial charge is 0.393 e. The van der Waals surface area contributed by atoms with Gasteiger partial charge in [0.2, 0.25) is 0 Å². The van der Waals surface area contributed by atoms with E-state index in [2.05, 4.69) is 10.4 Å². The standard InChI is InChI=1S/C15H19N3O2S/c1-9-3-4-13(21-9)15(20)17-14(10-5-12(19)6-10)11-7-16-18(2)8-11/h3-4,7-8,10,12,14,19H,5-6H2,1-2H3,(H,17,20). The molecule has 1 unspecified atom stereocenters. The molecular formula is C15H19N3O2S. The average molecular weight is 305 g/mol. The monoisotopic (exact) mass is 305 g/mol. The van der Waals surface area contributed by atoms with E-state index in [-0.39, 0.29) is 24.0 Å². The summed E-state index contributed by atoms with van der Waals surface area (Å²) in [5.74, 6) is 0.220. The topological polar surface area (TPSA) is 67.2 Å². The summed E-state index contributed by atoms with van der Waals surface area (Å²) in [5.41, 5.74) is 0.996. The molecule has 1 saturated carbocycles. The van der Waals surface area contributed by atoms with E-state index in [4.69, 9.17) is 0 Å². The number of hydrogen-bond donors (Lipinski definition) is 2. The number of rotatable bonds is 4. The lowest BCUT2D eigenvalue weighted by Crippen LogP contribution is -2.41. The maximum absolute atomic E-state index is 12.4. The molecule has 0 aliphatic heterocycles. The molecule has 1 amide bonds. The van der Waals surface area contributed by atoms with Gasteiger partial charge in [-0.25, -0.2) is 0 Å². The van der Waals surface area contributed by atoms with E-state index in [0.717, 1.165) is 28.2 Å². The minimum Gasteiger partial charge on any atom is -0.393 e. The van der Waals surface area contributed by atoms with Gasteiger partial charge in [-0.3, -0.25) is 9.48 Å². The van der Waals surface area contributed by atoms with Crippen LogP contribution in [0.3, 0.4) is 0 Å². The summed E-state index contributed by atoms with van der Waals surface area (Å²) in [7, 11) is 1.86. The predicted molar refractivity (Wildman–Crippen MR) is 81.2 cm³/mol. The predicted octanol–water partition coefficient (Wildman–Crippen LogP) is 2.03. The maximum Gasteiger partial charge on any atom is 0.261 e. The first-order valence-corrected chi connectivity index (χ1v) is 7.88. The second kappa shape index (κ2) is 5.61. The number of amides is 1. The highest BCUT2D eigenvalue weighted by Crippen LogP contribution is 2.38. The number of aryl methyl sites for hydroxylation is 2. The number of hydrogen-bond acceptors (Lipinski definition) is 4. The maximum atomic E-state index is 12.4. The third kappa shape index (κ3) is 3.01. The normalized spacial score (nSPS) is 22.6. The number of aromatic nitrogens is 2. The number of nitrogens with one attached hydrogen (secondary N) is 1. The van der Waals surface area contributed by atoms with Gasteiger partial charge in [0.15, 0.2) is 0 Å². The van der Waals surface area contributed by atoms with Gasteiger partial charge >= 0.3 is 0 Å². The Hall–Kier alpha value is -1.66. The number of thiophene rings is 1. The van der Waals surface area contributed by atoms with Crippen LogP contribution >= 0.6 is 11.3 Å². The van der Waals surface area contributed by atoms with E-state index in [1.807, 2.05) is 32.3 Å². The zero-order chi connectivity index (χ0) is 15.0. The smallest absolute Gasteiger partial charge is 0.261 e. The van der Waals surface area contributed by atoms with E-state index in [1.54, 1.807) is 10.9 Å². The fourth-order valence-corrected chi connectivity index (χ4v) is 3.52. The Kier molecular flexibility index (Phi) is 3.82. The van der Waals surface area contributed by atoms with Crippen LogP contribution in [0.2, 0.25) is 0 Å². The van der Waals surface area contributed by atoms with E-state index >= 15 is 0 Å². The van der Waals surface area contributed by atoms with Gasteiger partial charge in [0.05, 0.1) is 23.2 Å². The van der Waals surface area contributed by atoms with Crippen LogP contribution in [0.15, 0.2) is 24.5 Å². The van der Waals surface area contributed by atoms with Crippen LogP contribution in [0, 0.1) is 12.8 Å². The first-order chi connectivity index (χ1) is 10.0. The first kappa shape index (κ1) is 14.3. The molecule has 112 valence electrons. The fraction of sp³-hybridized carbons (Fsp3) is 0.467. The van der Waals surface area contributed by atoms with Gasteiger partial charge in [-0.2, -0.15) is 5.10 Å².